The highest BCUT2D eigenvalue weighted by molar-refractivity contribution is 9.10. The average molecular weight is 411 g/mol. The van der Waals surface area contributed by atoms with Gasteiger partial charge in [-0.1, -0.05) is 28.9 Å². The topological polar surface area (TPSA) is 59.5 Å². The quantitative estimate of drug-likeness (QED) is 0.643. The second-order valence-corrected chi connectivity index (χ2v) is 6.94. The lowest BCUT2D eigenvalue weighted by Crippen LogP contribution is -2.31. The summed E-state index contributed by atoms with van der Waals surface area (Å²) in [6, 6.07) is 7.32. The lowest BCUT2D eigenvalue weighted by molar-refractivity contribution is 0.0520. The molecule has 1 aromatic carbocycles. The molecule has 0 saturated carbocycles. The van der Waals surface area contributed by atoms with Crippen LogP contribution in [0, 0.1) is 0 Å². The summed E-state index contributed by atoms with van der Waals surface area (Å²) in [5.41, 5.74) is 0.920. The predicted octanol–water partition coefficient (Wildman–Crippen LogP) is 4.13. The molecule has 7 heteroatoms. The van der Waals surface area contributed by atoms with Crippen LogP contribution in [0.1, 0.15) is 46.1 Å². The molecule has 0 unspecified atom stereocenters. The zero-order valence-corrected chi connectivity index (χ0v) is 16.0. The third-order valence-electron chi connectivity index (χ3n) is 3.21. The van der Waals surface area contributed by atoms with Crippen LogP contribution >= 0.6 is 27.3 Å². The number of aromatic nitrogens is 1. The molecule has 0 N–H and O–H groups in total. The highest BCUT2D eigenvalue weighted by Crippen LogP contribution is 2.18. The molecule has 1 heterocycles. The normalized spacial score (nSPS) is 10.5. The van der Waals surface area contributed by atoms with Crippen molar-refractivity contribution in [1.82, 2.24) is 9.88 Å². The fourth-order valence-corrected chi connectivity index (χ4v) is 3.35. The molecule has 0 fully saturated rings. The fraction of sp³-hybridized carbons (Fsp3) is 0.353. The Morgan fingerprint density at radius 2 is 2.12 bits per heavy atom. The lowest BCUT2D eigenvalue weighted by atomic mass is 10.2. The Morgan fingerprint density at radius 3 is 2.79 bits per heavy atom. The predicted molar refractivity (Wildman–Crippen MR) is 97.2 cm³/mol. The standard InChI is InChI=1S/C17H19BrN2O3S/c1-3-8-20(16(21)12-6-5-7-13(18)9-12)10-15-19-14(11-24-15)17(22)23-4-2/h5-7,9,11H,3-4,8,10H2,1-2H3. The van der Waals surface area contributed by atoms with Gasteiger partial charge in [-0.05, 0) is 31.5 Å². The van der Waals surface area contributed by atoms with Gasteiger partial charge in [0.25, 0.3) is 5.91 Å². The zero-order chi connectivity index (χ0) is 17.5. The maximum atomic E-state index is 12.7. The molecule has 0 bridgehead atoms. The van der Waals surface area contributed by atoms with Gasteiger partial charge in [0, 0.05) is 22.0 Å². The maximum Gasteiger partial charge on any atom is 0.357 e. The number of carbonyl (C=O) groups excluding carboxylic acids is 2. The van der Waals surface area contributed by atoms with E-state index < -0.39 is 5.97 Å². The van der Waals surface area contributed by atoms with Crippen molar-refractivity contribution in [3.63, 3.8) is 0 Å². The van der Waals surface area contributed by atoms with Gasteiger partial charge in [-0.15, -0.1) is 11.3 Å². The number of ether oxygens (including phenoxy) is 1. The molecule has 128 valence electrons. The number of thiazole rings is 1. The minimum absolute atomic E-state index is 0.0500. The van der Waals surface area contributed by atoms with E-state index in [4.69, 9.17) is 4.74 Å². The highest BCUT2D eigenvalue weighted by Gasteiger charge is 2.19. The molecule has 0 spiro atoms. The van der Waals surface area contributed by atoms with Gasteiger partial charge in [0.05, 0.1) is 13.2 Å². The Hall–Kier alpha value is -1.73. The maximum absolute atomic E-state index is 12.7. The van der Waals surface area contributed by atoms with Crippen molar-refractivity contribution < 1.29 is 14.3 Å². The van der Waals surface area contributed by atoms with Gasteiger partial charge in [0.15, 0.2) is 5.69 Å². The molecule has 24 heavy (non-hydrogen) atoms. The van der Waals surface area contributed by atoms with Crippen LogP contribution in [0.3, 0.4) is 0 Å². The van der Waals surface area contributed by atoms with Crippen LogP contribution in [0.5, 0.6) is 0 Å². The second kappa shape index (κ2) is 8.94. The summed E-state index contributed by atoms with van der Waals surface area (Å²) in [6.45, 7) is 5.09. The molecule has 0 atom stereocenters. The summed E-state index contributed by atoms with van der Waals surface area (Å²) >= 11 is 4.75. The van der Waals surface area contributed by atoms with Crippen molar-refractivity contribution in [2.24, 2.45) is 0 Å². The molecule has 5 nitrogen and oxygen atoms in total. The van der Waals surface area contributed by atoms with E-state index in [1.165, 1.54) is 11.3 Å². The number of esters is 1. The van der Waals surface area contributed by atoms with Crippen LogP contribution < -0.4 is 0 Å². The van der Waals surface area contributed by atoms with Crippen LogP contribution in [0.2, 0.25) is 0 Å². The van der Waals surface area contributed by atoms with Gasteiger partial charge in [0.2, 0.25) is 0 Å². The molecule has 0 saturated heterocycles. The van der Waals surface area contributed by atoms with Gasteiger partial charge >= 0.3 is 5.97 Å². The van der Waals surface area contributed by atoms with Gasteiger partial charge in [-0.3, -0.25) is 4.79 Å². The Balaban J connectivity index is 2.13. The Morgan fingerprint density at radius 1 is 1.33 bits per heavy atom. The number of hydrogen-bond donors (Lipinski definition) is 0. The molecule has 0 aliphatic carbocycles. The molecule has 0 aliphatic rings. The molecular weight excluding hydrogens is 392 g/mol. The monoisotopic (exact) mass is 410 g/mol. The summed E-state index contributed by atoms with van der Waals surface area (Å²) < 4.78 is 5.81. The third kappa shape index (κ3) is 4.88. The van der Waals surface area contributed by atoms with Crippen molar-refractivity contribution in [1.29, 1.82) is 0 Å². The van der Waals surface area contributed by atoms with Crippen molar-refractivity contribution in [3.05, 3.63) is 50.4 Å². The molecule has 2 rings (SSSR count). The molecule has 1 amide bonds. The van der Waals surface area contributed by atoms with Gasteiger partial charge < -0.3 is 9.64 Å². The Kier molecular flexibility index (Phi) is 6.93. The van der Waals surface area contributed by atoms with E-state index in [9.17, 15) is 9.59 Å². The molecular formula is C17H19BrN2O3S. The highest BCUT2D eigenvalue weighted by atomic mass is 79.9. The summed E-state index contributed by atoms with van der Waals surface area (Å²) in [4.78, 5) is 30.5. The van der Waals surface area contributed by atoms with Gasteiger partial charge in [-0.25, -0.2) is 9.78 Å². The molecule has 2 aromatic rings. The Labute approximate surface area is 153 Å². The lowest BCUT2D eigenvalue weighted by Gasteiger charge is -2.21. The summed E-state index contributed by atoms with van der Waals surface area (Å²) in [7, 11) is 0. The number of carbonyl (C=O) groups is 2. The van der Waals surface area contributed by atoms with E-state index in [2.05, 4.69) is 20.9 Å². The first kappa shape index (κ1) is 18.6. The van der Waals surface area contributed by atoms with Crippen LogP contribution in [0.15, 0.2) is 34.1 Å². The molecule has 0 aliphatic heterocycles. The van der Waals surface area contributed by atoms with Crippen molar-refractivity contribution in [2.45, 2.75) is 26.8 Å². The number of rotatable bonds is 7. The van der Waals surface area contributed by atoms with Crippen molar-refractivity contribution in [2.75, 3.05) is 13.2 Å². The number of halogens is 1. The first-order chi connectivity index (χ1) is 11.5. The van der Waals surface area contributed by atoms with Crippen LogP contribution in [-0.2, 0) is 11.3 Å². The smallest absolute Gasteiger partial charge is 0.357 e. The van der Waals surface area contributed by atoms with E-state index in [1.807, 2.05) is 19.1 Å². The van der Waals surface area contributed by atoms with Crippen LogP contribution in [-0.4, -0.2) is 34.9 Å². The minimum atomic E-state index is -0.430. The SMILES string of the molecule is CCCN(Cc1nc(C(=O)OCC)cs1)C(=O)c1cccc(Br)c1. The summed E-state index contributed by atoms with van der Waals surface area (Å²) in [5, 5.41) is 2.39. The largest absolute Gasteiger partial charge is 0.461 e. The van der Waals surface area contributed by atoms with Crippen LogP contribution in [0.25, 0.3) is 0 Å². The summed E-state index contributed by atoms with van der Waals surface area (Å²) in [6.07, 6.45) is 0.843. The van der Waals surface area contributed by atoms with Crippen molar-refractivity contribution in [3.8, 4) is 0 Å². The molecule has 1 aromatic heterocycles. The molecule has 0 radical (unpaired) electrons. The van der Waals surface area contributed by atoms with E-state index in [0.717, 1.165) is 15.9 Å². The zero-order valence-electron chi connectivity index (χ0n) is 13.6. The minimum Gasteiger partial charge on any atom is -0.461 e. The van der Waals surface area contributed by atoms with E-state index in [-0.39, 0.29) is 5.91 Å². The van der Waals surface area contributed by atoms with Crippen molar-refractivity contribution >= 4 is 39.1 Å². The van der Waals surface area contributed by atoms with E-state index in [0.29, 0.717) is 31.0 Å². The van der Waals surface area contributed by atoms with Gasteiger partial charge in [0.1, 0.15) is 5.01 Å². The number of benzene rings is 1. The first-order valence-electron chi connectivity index (χ1n) is 7.71. The van der Waals surface area contributed by atoms with Gasteiger partial charge in [-0.2, -0.15) is 0 Å². The summed E-state index contributed by atoms with van der Waals surface area (Å²) in [5.74, 6) is -0.480. The number of nitrogens with zero attached hydrogens (tertiary/aromatic N) is 2. The first-order valence-corrected chi connectivity index (χ1v) is 9.38. The van der Waals surface area contributed by atoms with E-state index >= 15 is 0 Å². The Bertz CT molecular complexity index is 717. The number of hydrogen-bond acceptors (Lipinski definition) is 5. The van der Waals surface area contributed by atoms with E-state index in [1.54, 1.807) is 29.3 Å². The third-order valence-corrected chi connectivity index (χ3v) is 4.54. The average Bonchev–Trinajstić information content (AvgIpc) is 3.03. The number of amides is 1. The fourth-order valence-electron chi connectivity index (χ4n) is 2.17. The van der Waals surface area contributed by atoms with Crippen LogP contribution in [0.4, 0.5) is 0 Å². The second-order valence-electron chi connectivity index (χ2n) is 5.08.